The van der Waals surface area contributed by atoms with Gasteiger partial charge in [0.1, 0.15) is 18.2 Å². The lowest BCUT2D eigenvalue weighted by molar-refractivity contribution is 0.100. The second-order valence-corrected chi connectivity index (χ2v) is 4.57. The predicted octanol–water partition coefficient (Wildman–Crippen LogP) is 2.50. The van der Waals surface area contributed by atoms with Crippen LogP contribution in [-0.2, 0) is 0 Å². The summed E-state index contributed by atoms with van der Waals surface area (Å²) in [4.78, 5) is 13.7. The standard InChI is InChI=1S/C14H18FNO2/c1-11(17)14-12(15)5-4-6-13(14)18-10-9-16-7-2-3-8-16/h4-6H,2-3,7-10H2,1H3. The minimum absolute atomic E-state index is 0.0546. The molecule has 0 amide bonds. The van der Waals surface area contributed by atoms with Crippen molar-refractivity contribution in [3.05, 3.63) is 29.6 Å². The average molecular weight is 251 g/mol. The van der Waals surface area contributed by atoms with Gasteiger partial charge in [0.15, 0.2) is 5.78 Å². The SMILES string of the molecule is CC(=O)c1c(F)cccc1OCCN1CCCC1. The van der Waals surface area contributed by atoms with Crippen molar-refractivity contribution in [3.8, 4) is 5.75 Å². The summed E-state index contributed by atoms with van der Waals surface area (Å²) >= 11 is 0. The average Bonchev–Trinajstić information content (AvgIpc) is 2.81. The van der Waals surface area contributed by atoms with Gasteiger partial charge in [-0.3, -0.25) is 9.69 Å². The summed E-state index contributed by atoms with van der Waals surface area (Å²) in [5, 5.41) is 0. The minimum atomic E-state index is -0.513. The first-order chi connectivity index (χ1) is 8.68. The molecular weight excluding hydrogens is 233 g/mol. The first-order valence-electron chi connectivity index (χ1n) is 6.33. The van der Waals surface area contributed by atoms with Gasteiger partial charge in [-0.15, -0.1) is 0 Å². The Balaban J connectivity index is 1.96. The summed E-state index contributed by atoms with van der Waals surface area (Å²) in [7, 11) is 0. The Hall–Kier alpha value is -1.42. The lowest BCUT2D eigenvalue weighted by Crippen LogP contribution is -2.25. The van der Waals surface area contributed by atoms with Gasteiger partial charge >= 0.3 is 0 Å². The molecule has 0 N–H and O–H groups in total. The van der Waals surface area contributed by atoms with E-state index in [9.17, 15) is 9.18 Å². The van der Waals surface area contributed by atoms with Crippen LogP contribution in [0.1, 0.15) is 30.1 Å². The zero-order chi connectivity index (χ0) is 13.0. The van der Waals surface area contributed by atoms with Crippen molar-refractivity contribution in [3.63, 3.8) is 0 Å². The second-order valence-electron chi connectivity index (χ2n) is 4.57. The molecular formula is C14H18FNO2. The molecule has 0 spiro atoms. The fourth-order valence-corrected chi connectivity index (χ4v) is 2.26. The van der Waals surface area contributed by atoms with Crippen molar-refractivity contribution >= 4 is 5.78 Å². The van der Waals surface area contributed by atoms with Gasteiger partial charge in [-0.1, -0.05) is 6.07 Å². The molecule has 0 atom stereocenters. The Morgan fingerprint density at radius 3 is 2.78 bits per heavy atom. The molecule has 0 saturated carbocycles. The van der Waals surface area contributed by atoms with Gasteiger partial charge in [-0.05, 0) is 45.0 Å². The summed E-state index contributed by atoms with van der Waals surface area (Å²) < 4.78 is 19.1. The summed E-state index contributed by atoms with van der Waals surface area (Å²) in [6.45, 7) is 4.88. The van der Waals surface area contributed by atoms with Crippen LogP contribution in [0.3, 0.4) is 0 Å². The molecule has 1 aromatic carbocycles. The number of hydrogen-bond acceptors (Lipinski definition) is 3. The molecule has 1 fully saturated rings. The number of halogens is 1. The molecule has 3 nitrogen and oxygen atoms in total. The van der Waals surface area contributed by atoms with Crippen LogP contribution in [0.4, 0.5) is 4.39 Å². The molecule has 1 aliphatic heterocycles. The highest BCUT2D eigenvalue weighted by atomic mass is 19.1. The van der Waals surface area contributed by atoms with Gasteiger partial charge in [0.05, 0.1) is 5.56 Å². The number of Topliss-reactive ketones (excluding diaryl/α,β-unsaturated/α-hetero) is 1. The molecule has 1 heterocycles. The lowest BCUT2D eigenvalue weighted by atomic mass is 10.1. The topological polar surface area (TPSA) is 29.5 Å². The maximum Gasteiger partial charge on any atom is 0.166 e. The molecule has 2 rings (SSSR count). The van der Waals surface area contributed by atoms with Crippen LogP contribution in [0.25, 0.3) is 0 Å². The number of likely N-dealkylation sites (tertiary alicyclic amines) is 1. The molecule has 18 heavy (non-hydrogen) atoms. The number of rotatable bonds is 5. The number of nitrogens with zero attached hydrogens (tertiary/aromatic N) is 1. The van der Waals surface area contributed by atoms with Crippen LogP contribution >= 0.6 is 0 Å². The second kappa shape index (κ2) is 5.96. The van der Waals surface area contributed by atoms with E-state index in [1.54, 1.807) is 12.1 Å². The minimum Gasteiger partial charge on any atom is -0.491 e. The summed E-state index contributed by atoms with van der Waals surface area (Å²) in [6.07, 6.45) is 2.47. The van der Waals surface area contributed by atoms with E-state index in [0.717, 1.165) is 19.6 Å². The van der Waals surface area contributed by atoms with Gasteiger partial charge in [-0.2, -0.15) is 0 Å². The number of ether oxygens (including phenoxy) is 1. The molecule has 1 aliphatic rings. The van der Waals surface area contributed by atoms with Crippen LogP contribution in [0, 0.1) is 5.82 Å². The predicted molar refractivity (Wildman–Crippen MR) is 67.6 cm³/mol. The van der Waals surface area contributed by atoms with Crippen molar-refractivity contribution in [2.24, 2.45) is 0 Å². The molecule has 1 saturated heterocycles. The maximum absolute atomic E-state index is 13.5. The first-order valence-corrected chi connectivity index (χ1v) is 6.33. The Morgan fingerprint density at radius 1 is 1.39 bits per heavy atom. The van der Waals surface area contributed by atoms with Crippen LogP contribution < -0.4 is 4.74 Å². The van der Waals surface area contributed by atoms with Gasteiger partial charge in [-0.25, -0.2) is 4.39 Å². The molecule has 0 unspecified atom stereocenters. The highest BCUT2D eigenvalue weighted by Crippen LogP contribution is 2.22. The van der Waals surface area contributed by atoms with E-state index in [0.29, 0.717) is 12.4 Å². The van der Waals surface area contributed by atoms with E-state index < -0.39 is 5.82 Å². The number of carbonyl (C=O) groups is 1. The highest BCUT2D eigenvalue weighted by Gasteiger charge is 2.15. The number of carbonyl (C=O) groups excluding carboxylic acids is 1. The fraction of sp³-hybridized carbons (Fsp3) is 0.500. The molecule has 98 valence electrons. The van der Waals surface area contributed by atoms with Gasteiger partial charge < -0.3 is 4.74 Å². The van der Waals surface area contributed by atoms with E-state index in [1.807, 2.05) is 0 Å². The molecule has 0 aliphatic carbocycles. The zero-order valence-corrected chi connectivity index (χ0v) is 10.6. The van der Waals surface area contributed by atoms with E-state index in [2.05, 4.69) is 4.90 Å². The van der Waals surface area contributed by atoms with Crippen LogP contribution in [-0.4, -0.2) is 36.9 Å². The normalized spacial score (nSPS) is 15.9. The van der Waals surface area contributed by atoms with E-state index in [-0.39, 0.29) is 11.3 Å². The number of ketones is 1. The van der Waals surface area contributed by atoms with Crippen molar-refractivity contribution in [1.29, 1.82) is 0 Å². The van der Waals surface area contributed by atoms with Gasteiger partial charge in [0.2, 0.25) is 0 Å². The van der Waals surface area contributed by atoms with Crippen LogP contribution in [0.15, 0.2) is 18.2 Å². The number of benzene rings is 1. The molecule has 1 aromatic rings. The molecule has 0 aromatic heterocycles. The Labute approximate surface area is 107 Å². The lowest BCUT2D eigenvalue weighted by Gasteiger charge is -2.16. The Morgan fingerprint density at radius 2 is 2.11 bits per heavy atom. The monoisotopic (exact) mass is 251 g/mol. The van der Waals surface area contributed by atoms with E-state index in [1.165, 1.54) is 25.8 Å². The quantitative estimate of drug-likeness (QED) is 0.753. The van der Waals surface area contributed by atoms with E-state index in [4.69, 9.17) is 4.74 Å². The summed E-state index contributed by atoms with van der Waals surface area (Å²) in [6, 6.07) is 4.49. The fourth-order valence-electron chi connectivity index (χ4n) is 2.26. The third-order valence-electron chi connectivity index (χ3n) is 3.19. The van der Waals surface area contributed by atoms with Gasteiger partial charge in [0.25, 0.3) is 0 Å². The molecule has 0 bridgehead atoms. The summed E-state index contributed by atoms with van der Waals surface area (Å²) in [5.41, 5.74) is 0.0546. The Kier molecular flexibility index (Phi) is 4.31. The molecule has 4 heteroatoms. The third-order valence-corrected chi connectivity index (χ3v) is 3.19. The Bertz CT molecular complexity index is 428. The molecule has 0 radical (unpaired) electrons. The number of hydrogen-bond donors (Lipinski definition) is 0. The first kappa shape index (κ1) is 13.0. The van der Waals surface area contributed by atoms with Crippen molar-refractivity contribution in [2.75, 3.05) is 26.2 Å². The maximum atomic E-state index is 13.5. The van der Waals surface area contributed by atoms with Crippen LogP contribution in [0.5, 0.6) is 5.75 Å². The zero-order valence-electron chi connectivity index (χ0n) is 10.6. The highest BCUT2D eigenvalue weighted by molar-refractivity contribution is 5.97. The van der Waals surface area contributed by atoms with Crippen molar-refractivity contribution in [2.45, 2.75) is 19.8 Å². The smallest absolute Gasteiger partial charge is 0.166 e. The summed E-state index contributed by atoms with van der Waals surface area (Å²) in [5.74, 6) is -0.466. The van der Waals surface area contributed by atoms with Crippen molar-refractivity contribution < 1.29 is 13.9 Å². The van der Waals surface area contributed by atoms with Crippen molar-refractivity contribution in [1.82, 2.24) is 4.90 Å². The largest absolute Gasteiger partial charge is 0.491 e. The van der Waals surface area contributed by atoms with Gasteiger partial charge in [0, 0.05) is 6.54 Å². The van der Waals surface area contributed by atoms with E-state index >= 15 is 0 Å². The van der Waals surface area contributed by atoms with Crippen LogP contribution in [0.2, 0.25) is 0 Å². The third kappa shape index (κ3) is 3.07.